The molecule has 0 spiro atoms. The first-order valence-electron chi connectivity index (χ1n) is 4.73. The number of Topliss-reactive ketones (excluding diaryl/α,β-unsaturated/α-hetero) is 1. The Morgan fingerprint density at radius 2 is 2.38 bits per heavy atom. The van der Waals surface area contributed by atoms with Crippen LogP contribution in [0.5, 0.6) is 0 Å². The lowest BCUT2D eigenvalue weighted by Crippen LogP contribution is -1.99. The van der Waals surface area contributed by atoms with Crippen LogP contribution in [0.25, 0.3) is 16.5 Å². The molecule has 0 fully saturated rings. The summed E-state index contributed by atoms with van der Waals surface area (Å²) in [6.45, 7) is 1.76. The molecule has 0 amide bonds. The fourth-order valence-corrected chi connectivity index (χ4v) is 1.25. The van der Waals surface area contributed by atoms with Crippen LogP contribution in [0.15, 0.2) is 29.4 Å². The molecule has 0 unspecified atom stereocenters. The summed E-state index contributed by atoms with van der Waals surface area (Å²) in [4.78, 5) is 13.9. The van der Waals surface area contributed by atoms with Gasteiger partial charge in [0.15, 0.2) is 5.78 Å². The first kappa shape index (κ1) is 11.8. The van der Waals surface area contributed by atoms with E-state index in [1.165, 1.54) is 6.92 Å². The Balaban J connectivity index is 2.90. The Labute approximate surface area is 93.2 Å². The molecule has 0 aliphatic carbocycles. The molecule has 0 saturated carbocycles. The molecule has 0 saturated heterocycles. The molecule has 0 atom stereocenters. The second kappa shape index (κ2) is 5.58. The van der Waals surface area contributed by atoms with E-state index >= 15 is 0 Å². The van der Waals surface area contributed by atoms with Gasteiger partial charge in [0, 0.05) is 22.7 Å². The fraction of sp³-hybridized carbons (Fsp3) is 0.182. The molecule has 1 rings (SSSR count). The third-order valence-corrected chi connectivity index (χ3v) is 2.02. The Morgan fingerprint density at radius 1 is 1.62 bits per heavy atom. The Bertz CT molecular complexity index is 473. The number of hydrogen-bond acceptors (Lipinski definition) is 3. The van der Waals surface area contributed by atoms with Crippen molar-refractivity contribution in [2.24, 2.45) is 5.11 Å². The van der Waals surface area contributed by atoms with Gasteiger partial charge < -0.3 is 5.73 Å². The van der Waals surface area contributed by atoms with Gasteiger partial charge >= 0.3 is 0 Å². The number of anilines is 1. The molecule has 82 valence electrons. The van der Waals surface area contributed by atoms with Crippen molar-refractivity contribution in [3.8, 4) is 0 Å². The molecule has 0 aliphatic heterocycles. The van der Waals surface area contributed by atoms with Gasteiger partial charge in [-0.25, -0.2) is 0 Å². The zero-order valence-electron chi connectivity index (χ0n) is 8.92. The number of hydrogen-bond donors (Lipinski definition) is 1. The van der Waals surface area contributed by atoms with E-state index in [4.69, 9.17) is 11.3 Å². The molecule has 1 aromatic rings. The van der Waals surface area contributed by atoms with Gasteiger partial charge in [-0.1, -0.05) is 23.3 Å². The minimum atomic E-state index is -0.0669. The maximum absolute atomic E-state index is 11.2. The first-order chi connectivity index (χ1) is 7.65. The van der Waals surface area contributed by atoms with Crippen molar-refractivity contribution < 1.29 is 4.79 Å². The van der Waals surface area contributed by atoms with Gasteiger partial charge in [0.25, 0.3) is 0 Å². The summed E-state index contributed by atoms with van der Waals surface area (Å²) in [7, 11) is 0. The monoisotopic (exact) mass is 216 g/mol. The topological polar surface area (TPSA) is 91.8 Å². The van der Waals surface area contributed by atoms with Gasteiger partial charge in [-0.2, -0.15) is 0 Å². The van der Waals surface area contributed by atoms with Crippen molar-refractivity contribution in [1.82, 2.24) is 0 Å². The number of rotatable bonds is 4. The van der Waals surface area contributed by atoms with Crippen LogP contribution in [0.4, 0.5) is 5.69 Å². The molecule has 0 bridgehead atoms. The van der Waals surface area contributed by atoms with Gasteiger partial charge in [0.1, 0.15) is 0 Å². The van der Waals surface area contributed by atoms with Gasteiger partial charge in [-0.15, -0.1) is 0 Å². The Hall–Kier alpha value is -2.26. The molecule has 1 aromatic carbocycles. The average molecular weight is 216 g/mol. The van der Waals surface area contributed by atoms with E-state index in [1.807, 2.05) is 0 Å². The predicted molar refractivity (Wildman–Crippen MR) is 63.9 cm³/mol. The molecule has 16 heavy (non-hydrogen) atoms. The van der Waals surface area contributed by atoms with Crippen molar-refractivity contribution >= 4 is 17.5 Å². The second-order valence-corrected chi connectivity index (χ2v) is 3.22. The van der Waals surface area contributed by atoms with Crippen LogP contribution in [-0.4, -0.2) is 12.3 Å². The van der Waals surface area contributed by atoms with E-state index in [9.17, 15) is 4.79 Å². The molecule has 2 N–H and O–H groups in total. The number of azide groups is 1. The van der Waals surface area contributed by atoms with Crippen LogP contribution < -0.4 is 5.73 Å². The minimum absolute atomic E-state index is 0.0669. The lowest BCUT2D eigenvalue weighted by molar-refractivity contribution is 0.101. The van der Waals surface area contributed by atoms with Crippen LogP contribution in [0.1, 0.15) is 22.8 Å². The quantitative estimate of drug-likeness (QED) is 0.275. The molecular weight excluding hydrogens is 204 g/mol. The fourth-order valence-electron chi connectivity index (χ4n) is 1.25. The van der Waals surface area contributed by atoms with Crippen molar-refractivity contribution in [3.63, 3.8) is 0 Å². The SMILES string of the molecule is CC(=O)c1cc(C=CCN=[N+]=[N-])ccc1N. The zero-order chi connectivity index (χ0) is 12.0. The normalized spacial score (nSPS) is 10.1. The number of nitrogen functional groups attached to an aromatic ring is 1. The third-order valence-electron chi connectivity index (χ3n) is 2.02. The highest BCUT2D eigenvalue weighted by atomic mass is 16.1. The molecular formula is C11H12N4O. The molecule has 0 aromatic heterocycles. The van der Waals surface area contributed by atoms with E-state index in [0.29, 0.717) is 11.3 Å². The summed E-state index contributed by atoms with van der Waals surface area (Å²) < 4.78 is 0. The molecule has 0 heterocycles. The summed E-state index contributed by atoms with van der Waals surface area (Å²) >= 11 is 0. The van der Waals surface area contributed by atoms with Crippen molar-refractivity contribution in [1.29, 1.82) is 0 Å². The Morgan fingerprint density at radius 3 is 3.00 bits per heavy atom. The van der Waals surface area contributed by atoms with Gasteiger partial charge in [0.2, 0.25) is 0 Å². The maximum atomic E-state index is 11.2. The van der Waals surface area contributed by atoms with Crippen molar-refractivity contribution in [2.75, 3.05) is 12.3 Å². The maximum Gasteiger partial charge on any atom is 0.161 e. The molecule has 0 radical (unpaired) electrons. The number of carbonyl (C=O) groups is 1. The van der Waals surface area contributed by atoms with Crippen molar-refractivity contribution in [3.05, 3.63) is 45.8 Å². The van der Waals surface area contributed by atoms with Crippen LogP contribution in [-0.2, 0) is 0 Å². The highest BCUT2D eigenvalue weighted by Crippen LogP contribution is 2.15. The molecule has 0 aliphatic rings. The number of nitrogens with two attached hydrogens (primary N) is 1. The standard InChI is InChI=1S/C11H12N4O/c1-8(16)10-7-9(4-5-11(10)12)3-2-6-14-15-13/h2-5,7H,6,12H2,1H3. The Kier molecular flexibility index (Phi) is 4.12. The summed E-state index contributed by atoms with van der Waals surface area (Å²) in [6, 6.07) is 5.20. The van der Waals surface area contributed by atoms with Crippen LogP contribution in [0.3, 0.4) is 0 Å². The summed E-state index contributed by atoms with van der Waals surface area (Å²) in [6.07, 6.45) is 3.50. The van der Waals surface area contributed by atoms with E-state index in [2.05, 4.69) is 10.0 Å². The second-order valence-electron chi connectivity index (χ2n) is 3.22. The third kappa shape index (κ3) is 3.15. The summed E-state index contributed by atoms with van der Waals surface area (Å²) in [5, 5.41) is 3.36. The lowest BCUT2D eigenvalue weighted by Gasteiger charge is -2.02. The number of ketones is 1. The zero-order valence-corrected chi connectivity index (χ0v) is 8.92. The van der Waals surface area contributed by atoms with Crippen LogP contribution >= 0.6 is 0 Å². The van der Waals surface area contributed by atoms with Gasteiger partial charge in [0.05, 0.1) is 0 Å². The minimum Gasteiger partial charge on any atom is -0.398 e. The largest absolute Gasteiger partial charge is 0.398 e. The highest BCUT2D eigenvalue weighted by molar-refractivity contribution is 5.99. The first-order valence-corrected chi connectivity index (χ1v) is 4.73. The average Bonchev–Trinajstić information content (AvgIpc) is 2.26. The summed E-state index contributed by atoms with van der Waals surface area (Å²) in [5.74, 6) is -0.0669. The van der Waals surface area contributed by atoms with E-state index in [0.717, 1.165) is 5.56 Å². The van der Waals surface area contributed by atoms with E-state index in [-0.39, 0.29) is 12.3 Å². The number of carbonyl (C=O) groups excluding carboxylic acids is 1. The van der Waals surface area contributed by atoms with Gasteiger partial charge in [-0.3, -0.25) is 4.79 Å². The lowest BCUT2D eigenvalue weighted by atomic mass is 10.1. The number of benzene rings is 1. The van der Waals surface area contributed by atoms with E-state index < -0.39 is 0 Å². The molecule has 5 nitrogen and oxygen atoms in total. The predicted octanol–water partition coefficient (Wildman–Crippen LogP) is 2.79. The molecule has 5 heteroatoms. The van der Waals surface area contributed by atoms with Gasteiger partial charge in [-0.05, 0) is 30.2 Å². The smallest absolute Gasteiger partial charge is 0.161 e. The number of nitrogens with zero attached hydrogens (tertiary/aromatic N) is 3. The van der Waals surface area contributed by atoms with Crippen LogP contribution in [0.2, 0.25) is 0 Å². The van der Waals surface area contributed by atoms with Crippen LogP contribution in [0, 0.1) is 0 Å². The van der Waals surface area contributed by atoms with E-state index in [1.54, 1.807) is 30.4 Å². The summed E-state index contributed by atoms with van der Waals surface area (Å²) in [5.41, 5.74) is 15.6. The van der Waals surface area contributed by atoms with Crippen molar-refractivity contribution in [2.45, 2.75) is 6.92 Å². The highest BCUT2D eigenvalue weighted by Gasteiger charge is 2.03.